The fourth-order valence-electron chi connectivity index (χ4n) is 3.80. The van der Waals surface area contributed by atoms with Crippen molar-refractivity contribution in [1.29, 1.82) is 0 Å². The highest BCUT2D eigenvalue weighted by Gasteiger charge is 2.35. The molecule has 34 heavy (non-hydrogen) atoms. The molecule has 2 N–H and O–H groups in total. The second kappa shape index (κ2) is 9.58. The van der Waals surface area contributed by atoms with Crippen LogP contribution in [-0.2, 0) is 11.2 Å². The van der Waals surface area contributed by atoms with Crippen LogP contribution in [0, 0.1) is 0 Å². The number of ether oxygens (including phenoxy) is 1. The Morgan fingerprint density at radius 2 is 1.62 bits per heavy atom. The number of anilines is 2. The zero-order chi connectivity index (χ0) is 24.2. The molecule has 4 amide bonds. The first-order valence-electron chi connectivity index (χ1n) is 10.7. The van der Waals surface area contributed by atoms with Gasteiger partial charge in [-0.3, -0.25) is 24.1 Å². The predicted octanol–water partition coefficient (Wildman–Crippen LogP) is 3.74. The third-order valence-electron chi connectivity index (χ3n) is 5.47. The Bertz CT molecular complexity index is 1290. The van der Waals surface area contributed by atoms with Crippen LogP contribution in [-0.4, -0.2) is 42.2 Å². The van der Waals surface area contributed by atoms with Crippen LogP contribution < -0.4 is 15.4 Å². The molecular formula is C26H23N3O5. The Balaban J connectivity index is 1.50. The first-order valence-corrected chi connectivity index (χ1v) is 10.7. The molecule has 0 aromatic heterocycles. The predicted molar refractivity (Wildman–Crippen MR) is 127 cm³/mol. The second-order valence-electron chi connectivity index (χ2n) is 7.81. The normalized spacial score (nSPS) is 12.4. The van der Waals surface area contributed by atoms with Crippen molar-refractivity contribution in [2.45, 2.75) is 13.3 Å². The second-order valence-corrected chi connectivity index (χ2v) is 7.81. The van der Waals surface area contributed by atoms with E-state index in [4.69, 9.17) is 4.74 Å². The van der Waals surface area contributed by atoms with Gasteiger partial charge in [-0.1, -0.05) is 30.3 Å². The zero-order valence-corrected chi connectivity index (χ0v) is 18.8. The SMILES string of the molecule is COc1ccc(NC(=O)c2ccc3c(c2)C(=O)N(CCc2ccccc2)C3=O)cc1NC(C)=O. The van der Waals surface area contributed by atoms with Gasteiger partial charge in [0.15, 0.2) is 0 Å². The third-order valence-corrected chi connectivity index (χ3v) is 5.47. The van der Waals surface area contributed by atoms with E-state index < -0.39 is 11.8 Å². The summed E-state index contributed by atoms with van der Waals surface area (Å²) in [6.07, 6.45) is 0.549. The molecule has 1 aliphatic rings. The number of methoxy groups -OCH3 is 1. The van der Waals surface area contributed by atoms with Gasteiger partial charge in [-0.05, 0) is 48.4 Å². The van der Waals surface area contributed by atoms with E-state index in [-0.39, 0.29) is 35.0 Å². The maximum Gasteiger partial charge on any atom is 0.261 e. The number of hydrogen-bond donors (Lipinski definition) is 2. The van der Waals surface area contributed by atoms with E-state index in [1.807, 2.05) is 30.3 Å². The van der Waals surface area contributed by atoms with Crippen molar-refractivity contribution < 1.29 is 23.9 Å². The smallest absolute Gasteiger partial charge is 0.261 e. The standard InChI is InChI=1S/C26H23N3O5/c1-16(30)27-22-15-19(9-11-23(22)34-2)28-24(31)18-8-10-20-21(14-18)26(33)29(25(20)32)13-12-17-6-4-3-5-7-17/h3-11,14-15H,12-13H2,1-2H3,(H,27,30)(H,28,31). The van der Waals surface area contributed by atoms with Gasteiger partial charge in [0.05, 0.1) is 23.9 Å². The van der Waals surface area contributed by atoms with Crippen molar-refractivity contribution in [2.24, 2.45) is 0 Å². The Morgan fingerprint density at radius 1 is 0.882 bits per heavy atom. The van der Waals surface area contributed by atoms with Crippen LogP contribution in [0.4, 0.5) is 11.4 Å². The zero-order valence-electron chi connectivity index (χ0n) is 18.8. The Labute approximate surface area is 196 Å². The molecule has 8 heteroatoms. The van der Waals surface area contributed by atoms with Gasteiger partial charge in [0, 0.05) is 24.7 Å². The lowest BCUT2D eigenvalue weighted by atomic mass is 10.1. The molecular weight excluding hydrogens is 434 g/mol. The summed E-state index contributed by atoms with van der Waals surface area (Å²) in [5, 5.41) is 5.39. The first-order chi connectivity index (χ1) is 16.4. The van der Waals surface area contributed by atoms with Gasteiger partial charge in [0.2, 0.25) is 5.91 Å². The summed E-state index contributed by atoms with van der Waals surface area (Å²) in [5.74, 6) is -1.06. The molecule has 0 atom stereocenters. The topological polar surface area (TPSA) is 105 Å². The van der Waals surface area contributed by atoms with Crippen molar-refractivity contribution >= 4 is 35.0 Å². The van der Waals surface area contributed by atoms with Crippen LogP contribution in [0.3, 0.4) is 0 Å². The van der Waals surface area contributed by atoms with E-state index in [0.717, 1.165) is 5.56 Å². The monoisotopic (exact) mass is 457 g/mol. The number of amides is 4. The number of nitrogens with one attached hydrogen (secondary N) is 2. The molecule has 0 unspecified atom stereocenters. The van der Waals surface area contributed by atoms with E-state index in [1.54, 1.807) is 18.2 Å². The lowest BCUT2D eigenvalue weighted by Gasteiger charge is -2.13. The highest BCUT2D eigenvalue weighted by molar-refractivity contribution is 6.22. The highest BCUT2D eigenvalue weighted by atomic mass is 16.5. The molecule has 3 aromatic rings. The van der Waals surface area contributed by atoms with E-state index in [0.29, 0.717) is 23.5 Å². The van der Waals surface area contributed by atoms with Crippen molar-refractivity contribution in [2.75, 3.05) is 24.3 Å². The number of fused-ring (bicyclic) bond motifs is 1. The number of rotatable bonds is 7. The van der Waals surface area contributed by atoms with Gasteiger partial charge >= 0.3 is 0 Å². The lowest BCUT2D eigenvalue weighted by molar-refractivity contribution is -0.114. The maximum absolute atomic E-state index is 12.9. The molecule has 1 heterocycles. The Hall–Kier alpha value is -4.46. The number of hydrogen-bond acceptors (Lipinski definition) is 5. The van der Waals surface area contributed by atoms with Crippen LogP contribution in [0.25, 0.3) is 0 Å². The largest absolute Gasteiger partial charge is 0.495 e. The number of benzene rings is 3. The fourth-order valence-corrected chi connectivity index (χ4v) is 3.80. The summed E-state index contributed by atoms with van der Waals surface area (Å²) >= 11 is 0. The minimum atomic E-state index is -0.454. The highest BCUT2D eigenvalue weighted by Crippen LogP contribution is 2.29. The van der Waals surface area contributed by atoms with Crippen molar-refractivity contribution in [1.82, 2.24) is 4.90 Å². The summed E-state index contributed by atoms with van der Waals surface area (Å²) in [7, 11) is 1.48. The summed E-state index contributed by atoms with van der Waals surface area (Å²) in [6, 6.07) is 18.9. The molecule has 0 bridgehead atoms. The minimum Gasteiger partial charge on any atom is -0.495 e. The summed E-state index contributed by atoms with van der Waals surface area (Å²) < 4.78 is 5.22. The van der Waals surface area contributed by atoms with Gasteiger partial charge in [-0.2, -0.15) is 0 Å². The average Bonchev–Trinajstić information content (AvgIpc) is 3.07. The van der Waals surface area contributed by atoms with Gasteiger partial charge in [-0.15, -0.1) is 0 Å². The Morgan fingerprint density at radius 3 is 2.32 bits per heavy atom. The molecule has 0 saturated heterocycles. The van der Waals surface area contributed by atoms with E-state index in [2.05, 4.69) is 10.6 Å². The van der Waals surface area contributed by atoms with E-state index in [9.17, 15) is 19.2 Å². The van der Waals surface area contributed by atoms with Gasteiger partial charge in [-0.25, -0.2) is 0 Å². The molecule has 1 aliphatic heterocycles. The van der Waals surface area contributed by atoms with Crippen molar-refractivity contribution in [3.05, 3.63) is 89.0 Å². The molecule has 4 rings (SSSR count). The van der Waals surface area contributed by atoms with Crippen LogP contribution in [0.2, 0.25) is 0 Å². The molecule has 0 fully saturated rings. The number of imide groups is 1. The fraction of sp³-hybridized carbons (Fsp3) is 0.154. The van der Waals surface area contributed by atoms with Crippen LogP contribution in [0.15, 0.2) is 66.7 Å². The van der Waals surface area contributed by atoms with Gasteiger partial charge < -0.3 is 15.4 Å². The molecule has 3 aromatic carbocycles. The van der Waals surface area contributed by atoms with Crippen LogP contribution >= 0.6 is 0 Å². The maximum atomic E-state index is 12.9. The molecule has 0 saturated carbocycles. The third kappa shape index (κ3) is 4.66. The number of carbonyl (C=O) groups is 4. The first kappa shape index (κ1) is 22.7. The van der Waals surface area contributed by atoms with Crippen LogP contribution in [0.1, 0.15) is 43.6 Å². The molecule has 172 valence electrons. The number of carbonyl (C=O) groups excluding carboxylic acids is 4. The van der Waals surface area contributed by atoms with Crippen LogP contribution in [0.5, 0.6) is 5.75 Å². The van der Waals surface area contributed by atoms with Gasteiger partial charge in [0.25, 0.3) is 17.7 Å². The summed E-state index contributed by atoms with van der Waals surface area (Å²) in [5.41, 5.74) is 2.60. The van der Waals surface area contributed by atoms with Gasteiger partial charge in [0.1, 0.15) is 5.75 Å². The minimum absolute atomic E-state index is 0.208. The quantitative estimate of drug-likeness (QED) is 0.526. The van der Waals surface area contributed by atoms with E-state index in [1.165, 1.54) is 37.1 Å². The molecule has 0 radical (unpaired) electrons. The summed E-state index contributed by atoms with van der Waals surface area (Å²) in [4.78, 5) is 51.1. The lowest BCUT2D eigenvalue weighted by Crippen LogP contribution is -2.31. The van der Waals surface area contributed by atoms with Crippen molar-refractivity contribution in [3.63, 3.8) is 0 Å². The van der Waals surface area contributed by atoms with Crippen molar-refractivity contribution in [3.8, 4) is 5.75 Å². The molecule has 8 nitrogen and oxygen atoms in total. The summed E-state index contributed by atoms with van der Waals surface area (Å²) in [6.45, 7) is 1.63. The number of nitrogens with zero attached hydrogens (tertiary/aromatic N) is 1. The molecule has 0 aliphatic carbocycles. The molecule has 0 spiro atoms. The Kier molecular flexibility index (Phi) is 6.40. The average molecular weight is 457 g/mol. The van der Waals surface area contributed by atoms with E-state index >= 15 is 0 Å².